The van der Waals surface area contributed by atoms with Crippen LogP contribution in [0.1, 0.15) is 16.7 Å². The van der Waals surface area contributed by atoms with Crippen molar-refractivity contribution >= 4 is 26.5 Å². The molecule has 0 bridgehead atoms. The highest BCUT2D eigenvalue weighted by molar-refractivity contribution is 7.30. The second-order valence-corrected chi connectivity index (χ2v) is 4.41. The van der Waals surface area contributed by atoms with E-state index in [1.165, 1.54) is 5.56 Å². The predicted molar refractivity (Wildman–Crippen MR) is 95.2 cm³/mol. The zero-order chi connectivity index (χ0) is 16.8. The molecule has 0 fully saturated rings. The van der Waals surface area contributed by atoms with E-state index in [2.05, 4.69) is 19.7 Å². The molecule has 114 valence electrons. The molecular weight excluding hydrogens is 295 g/mol. The minimum atomic E-state index is -2.87. The summed E-state index contributed by atoms with van der Waals surface area (Å²) in [6, 6.07) is 18.0. The van der Waals surface area contributed by atoms with E-state index in [0.717, 1.165) is 11.1 Å². The summed E-state index contributed by atoms with van der Waals surface area (Å²) in [5, 5.41) is 0. The molecule has 0 amide bonds. The first-order valence-corrected chi connectivity index (χ1v) is 7.58. The van der Waals surface area contributed by atoms with Gasteiger partial charge in [0.1, 0.15) is 0 Å². The van der Waals surface area contributed by atoms with Crippen molar-refractivity contribution in [3.8, 4) is 0 Å². The minimum Gasteiger partial charge on any atom is -0.134 e. The van der Waals surface area contributed by atoms with Gasteiger partial charge in [-0.3, -0.25) is 0 Å². The van der Waals surface area contributed by atoms with Crippen molar-refractivity contribution < 1.29 is 14.4 Å². The molecule has 0 heterocycles. The van der Waals surface area contributed by atoms with Crippen LogP contribution in [0.2, 0.25) is 0 Å². The molecule has 2 N–H and O–H groups in total. The summed E-state index contributed by atoms with van der Waals surface area (Å²) in [6.07, 6.45) is 5.49. The quantitative estimate of drug-likeness (QED) is 0.790. The van der Waals surface area contributed by atoms with Crippen LogP contribution in [0.25, 0.3) is 18.2 Å². The van der Waals surface area contributed by atoms with Gasteiger partial charge in [0.15, 0.2) is 0 Å². The number of rotatable bonds is 3. The molecule has 0 aliphatic carbocycles. The Morgan fingerprint density at radius 1 is 0.727 bits per heavy atom. The Hall–Kier alpha value is -2.32. The van der Waals surface area contributed by atoms with Crippen molar-refractivity contribution in [3.63, 3.8) is 0 Å². The average Bonchev–Trinajstić information content (AvgIpc) is 2.55. The van der Waals surface area contributed by atoms with E-state index in [4.69, 9.17) is 14.4 Å². The molecule has 2 aromatic rings. The van der Waals surface area contributed by atoms with E-state index < -0.39 is 8.25 Å². The smallest absolute Gasteiger partial charge is 0.134 e. The van der Waals surface area contributed by atoms with Crippen LogP contribution in [-0.2, 0) is 4.57 Å². The lowest BCUT2D eigenvalue weighted by Gasteiger charge is -1.96. The van der Waals surface area contributed by atoms with Crippen LogP contribution < -0.4 is 0 Å². The fourth-order valence-corrected chi connectivity index (χ4v) is 1.47. The van der Waals surface area contributed by atoms with Gasteiger partial charge in [0.25, 0.3) is 0 Å². The van der Waals surface area contributed by atoms with Gasteiger partial charge >= 0.3 is 8.25 Å². The van der Waals surface area contributed by atoms with Gasteiger partial charge in [-0.15, -0.1) is 9.79 Å². The summed E-state index contributed by atoms with van der Waals surface area (Å²) in [6.45, 7) is 11.0. The molecule has 22 heavy (non-hydrogen) atoms. The molecule has 0 radical (unpaired) electrons. The van der Waals surface area contributed by atoms with Gasteiger partial charge in [0.05, 0.1) is 0 Å². The van der Waals surface area contributed by atoms with Crippen molar-refractivity contribution in [1.82, 2.24) is 0 Å². The van der Waals surface area contributed by atoms with Gasteiger partial charge < -0.3 is 0 Å². The molecular formula is C18H20O3P+. The van der Waals surface area contributed by atoms with E-state index in [9.17, 15) is 0 Å². The Bertz CT molecular complexity index is 576. The van der Waals surface area contributed by atoms with Crippen LogP contribution in [0.3, 0.4) is 0 Å². The molecule has 0 unspecified atom stereocenters. The first kappa shape index (κ1) is 19.7. The van der Waals surface area contributed by atoms with Crippen LogP contribution in [0.5, 0.6) is 0 Å². The van der Waals surface area contributed by atoms with Crippen LogP contribution in [-0.4, -0.2) is 9.79 Å². The van der Waals surface area contributed by atoms with Crippen LogP contribution in [0.15, 0.2) is 74.3 Å². The molecule has 0 aliphatic rings. The van der Waals surface area contributed by atoms with Gasteiger partial charge in [0, 0.05) is 4.57 Å². The van der Waals surface area contributed by atoms with E-state index >= 15 is 0 Å². The van der Waals surface area contributed by atoms with E-state index in [-0.39, 0.29) is 0 Å². The molecule has 0 saturated heterocycles. The first-order valence-electron chi connectivity index (χ1n) is 6.41. The fraction of sp³-hybridized carbons (Fsp3) is 0. The maximum absolute atomic E-state index is 8.70. The lowest BCUT2D eigenvalue weighted by molar-refractivity contribution is 0.405. The highest BCUT2D eigenvalue weighted by Gasteiger charge is 1.93. The van der Waals surface area contributed by atoms with Crippen LogP contribution in [0, 0.1) is 0 Å². The largest absolute Gasteiger partial charge is 0.692 e. The summed E-state index contributed by atoms with van der Waals surface area (Å²) >= 11 is 0. The Balaban J connectivity index is 0.000000330. The molecule has 0 aromatic heterocycles. The molecule has 2 rings (SSSR count). The summed E-state index contributed by atoms with van der Waals surface area (Å²) in [4.78, 5) is 14.2. The second-order valence-electron chi connectivity index (χ2n) is 3.90. The van der Waals surface area contributed by atoms with Crippen molar-refractivity contribution in [2.45, 2.75) is 0 Å². The van der Waals surface area contributed by atoms with Gasteiger partial charge in [-0.1, -0.05) is 92.6 Å². The molecule has 0 saturated carbocycles. The highest BCUT2D eigenvalue weighted by Crippen LogP contribution is 2.10. The van der Waals surface area contributed by atoms with Crippen molar-refractivity contribution in [2.24, 2.45) is 0 Å². The lowest BCUT2D eigenvalue weighted by atomic mass is 10.1. The summed E-state index contributed by atoms with van der Waals surface area (Å²) in [5.41, 5.74) is 3.45. The maximum Gasteiger partial charge on any atom is 0.692 e. The highest BCUT2D eigenvalue weighted by atomic mass is 31.1. The maximum atomic E-state index is 8.70. The third-order valence-corrected chi connectivity index (χ3v) is 2.47. The van der Waals surface area contributed by atoms with Crippen LogP contribution in [0.4, 0.5) is 0 Å². The third-order valence-electron chi connectivity index (χ3n) is 2.47. The van der Waals surface area contributed by atoms with Gasteiger partial charge in [-0.25, -0.2) is 0 Å². The van der Waals surface area contributed by atoms with E-state index in [1.807, 2.05) is 72.8 Å². The normalized spacial score (nSPS) is 8.27. The van der Waals surface area contributed by atoms with Crippen molar-refractivity contribution in [3.05, 3.63) is 91.0 Å². The third kappa shape index (κ3) is 9.56. The monoisotopic (exact) mass is 315 g/mol. The van der Waals surface area contributed by atoms with E-state index in [0.29, 0.717) is 0 Å². The molecule has 0 aliphatic heterocycles. The zero-order valence-corrected chi connectivity index (χ0v) is 13.2. The number of benzene rings is 2. The Kier molecular flexibility index (Phi) is 11.1. The van der Waals surface area contributed by atoms with E-state index in [1.54, 1.807) is 0 Å². The standard InChI is InChI=1S/C10H10.C8H8.HO3P/c1-3-9-7-5-6-8-10(9)4-2;1-2-8-6-4-3-5-7-8;1-4(2)3/h3-8H,1-2H2;2-7H,1H2;(H-,1,2,3)/p+1. The molecule has 2 aromatic carbocycles. The van der Waals surface area contributed by atoms with Gasteiger partial charge in [-0.2, -0.15) is 0 Å². The molecule has 4 heteroatoms. The Labute approximate surface area is 132 Å². The van der Waals surface area contributed by atoms with Gasteiger partial charge in [-0.05, 0) is 16.7 Å². The topological polar surface area (TPSA) is 57.5 Å². The summed E-state index contributed by atoms with van der Waals surface area (Å²) in [5.74, 6) is 0. The number of hydrogen-bond acceptors (Lipinski definition) is 1. The molecule has 0 spiro atoms. The Morgan fingerprint density at radius 2 is 1.09 bits per heavy atom. The summed E-state index contributed by atoms with van der Waals surface area (Å²) < 4.78 is 8.70. The minimum absolute atomic E-state index is 1.14. The molecule has 3 nitrogen and oxygen atoms in total. The first-order chi connectivity index (χ1) is 10.5. The fourth-order valence-electron chi connectivity index (χ4n) is 1.47. The van der Waals surface area contributed by atoms with Crippen LogP contribution >= 0.6 is 8.25 Å². The summed E-state index contributed by atoms with van der Waals surface area (Å²) in [7, 11) is -2.87. The van der Waals surface area contributed by atoms with Crippen molar-refractivity contribution in [1.29, 1.82) is 0 Å². The second kappa shape index (κ2) is 12.4. The lowest BCUT2D eigenvalue weighted by Crippen LogP contribution is -1.76. The number of hydrogen-bond donors (Lipinski definition) is 2. The average molecular weight is 315 g/mol. The Morgan fingerprint density at radius 3 is 1.36 bits per heavy atom. The predicted octanol–water partition coefficient (Wildman–Crippen LogP) is 4.93. The zero-order valence-electron chi connectivity index (χ0n) is 12.3. The SMILES string of the molecule is C=Cc1ccccc1.C=Cc1ccccc1C=C.O=[P+](O)O. The molecule has 0 atom stereocenters. The van der Waals surface area contributed by atoms with Gasteiger partial charge in [0.2, 0.25) is 0 Å². The van der Waals surface area contributed by atoms with Crippen molar-refractivity contribution in [2.75, 3.05) is 0 Å².